The first-order valence-corrected chi connectivity index (χ1v) is 8.28. The molecule has 1 aliphatic heterocycles. The molecule has 1 saturated heterocycles. The summed E-state index contributed by atoms with van der Waals surface area (Å²) in [6.07, 6.45) is 3.65. The zero-order chi connectivity index (χ0) is 14.8. The maximum absolute atomic E-state index is 6.46. The Labute approximate surface area is 128 Å². The van der Waals surface area contributed by atoms with Gasteiger partial charge in [0.15, 0.2) is 0 Å². The third-order valence-electron chi connectivity index (χ3n) is 6.49. The standard InChI is InChI=1S/C18H25BO2/c1-12-6-5-7-13(8-12)11-19-20-16-10-14-9-15(17(14,2)3)18(16,4)21-19/h5-8,14-16H,9-11H2,1-4H3/t14?,15?,16?,18-/m0/s1. The molecule has 21 heavy (non-hydrogen) atoms. The lowest BCUT2D eigenvalue weighted by Crippen LogP contribution is -2.65. The van der Waals surface area contributed by atoms with Gasteiger partial charge < -0.3 is 9.31 Å². The molecular weight excluding hydrogens is 259 g/mol. The van der Waals surface area contributed by atoms with E-state index in [1.165, 1.54) is 24.0 Å². The molecule has 4 fully saturated rings. The predicted molar refractivity (Wildman–Crippen MR) is 85.0 cm³/mol. The second kappa shape index (κ2) is 4.36. The number of hydrogen-bond acceptors (Lipinski definition) is 2. The van der Waals surface area contributed by atoms with Crippen LogP contribution in [0.15, 0.2) is 24.3 Å². The van der Waals surface area contributed by atoms with Gasteiger partial charge in [-0.15, -0.1) is 0 Å². The van der Waals surface area contributed by atoms with Crippen molar-refractivity contribution in [3.05, 3.63) is 35.4 Å². The number of benzene rings is 1. The van der Waals surface area contributed by atoms with Crippen LogP contribution in [0.1, 0.15) is 44.7 Å². The molecule has 3 aliphatic carbocycles. The Hall–Kier alpha value is -0.795. The Morgan fingerprint density at radius 1 is 1.24 bits per heavy atom. The molecule has 112 valence electrons. The topological polar surface area (TPSA) is 18.5 Å². The van der Waals surface area contributed by atoms with Crippen LogP contribution in [0.4, 0.5) is 0 Å². The van der Waals surface area contributed by atoms with Gasteiger partial charge in [-0.2, -0.15) is 0 Å². The lowest BCUT2D eigenvalue weighted by Gasteiger charge is -2.64. The minimum atomic E-state index is -0.0766. The van der Waals surface area contributed by atoms with Gasteiger partial charge in [0.05, 0.1) is 11.7 Å². The zero-order valence-corrected chi connectivity index (χ0v) is 13.6. The van der Waals surface area contributed by atoms with Gasteiger partial charge in [0.1, 0.15) is 0 Å². The molecule has 0 radical (unpaired) electrons. The summed E-state index contributed by atoms with van der Waals surface area (Å²) >= 11 is 0. The van der Waals surface area contributed by atoms with E-state index in [0.717, 1.165) is 12.2 Å². The fraction of sp³-hybridized carbons (Fsp3) is 0.667. The van der Waals surface area contributed by atoms with Gasteiger partial charge in [0.25, 0.3) is 0 Å². The maximum atomic E-state index is 6.46. The maximum Gasteiger partial charge on any atom is 0.462 e. The van der Waals surface area contributed by atoms with Crippen molar-refractivity contribution in [1.82, 2.24) is 0 Å². The SMILES string of the molecule is Cc1cccc(CB2OC3CC4CC(C4(C)C)[C@]3(C)O2)c1. The zero-order valence-electron chi connectivity index (χ0n) is 13.6. The Morgan fingerprint density at radius 3 is 2.76 bits per heavy atom. The number of hydrogen-bond donors (Lipinski definition) is 0. The molecule has 2 bridgehead atoms. The minimum absolute atomic E-state index is 0.0723. The Kier molecular flexibility index (Phi) is 2.87. The first-order valence-electron chi connectivity index (χ1n) is 8.28. The van der Waals surface area contributed by atoms with Crippen LogP contribution in [-0.2, 0) is 15.6 Å². The van der Waals surface area contributed by atoms with Crippen LogP contribution in [0.25, 0.3) is 0 Å². The largest absolute Gasteiger partial charge is 0.462 e. The van der Waals surface area contributed by atoms with E-state index in [4.69, 9.17) is 9.31 Å². The van der Waals surface area contributed by atoms with Crippen molar-refractivity contribution in [3.63, 3.8) is 0 Å². The summed E-state index contributed by atoms with van der Waals surface area (Å²) in [6.45, 7) is 9.24. The molecule has 2 nitrogen and oxygen atoms in total. The summed E-state index contributed by atoms with van der Waals surface area (Å²) < 4.78 is 12.7. The van der Waals surface area contributed by atoms with Crippen LogP contribution in [0, 0.1) is 24.2 Å². The molecule has 4 atom stereocenters. The van der Waals surface area contributed by atoms with Crippen LogP contribution in [0.3, 0.4) is 0 Å². The van der Waals surface area contributed by atoms with Crippen molar-refractivity contribution >= 4 is 7.12 Å². The first-order chi connectivity index (χ1) is 9.89. The second-order valence-corrected chi connectivity index (χ2v) is 8.09. The molecule has 3 saturated carbocycles. The van der Waals surface area contributed by atoms with Crippen molar-refractivity contribution in [3.8, 4) is 0 Å². The molecule has 5 rings (SSSR count). The lowest BCUT2D eigenvalue weighted by molar-refractivity contribution is -0.199. The third kappa shape index (κ3) is 1.93. The summed E-state index contributed by atoms with van der Waals surface area (Å²) in [5.41, 5.74) is 2.96. The molecule has 1 heterocycles. The van der Waals surface area contributed by atoms with Crippen LogP contribution in [-0.4, -0.2) is 18.8 Å². The van der Waals surface area contributed by atoms with Gasteiger partial charge in [-0.3, -0.25) is 0 Å². The van der Waals surface area contributed by atoms with Gasteiger partial charge in [0.2, 0.25) is 0 Å². The highest BCUT2D eigenvalue weighted by atomic mass is 16.7. The molecule has 3 heteroatoms. The Balaban J connectivity index is 1.52. The highest BCUT2D eigenvalue weighted by Crippen LogP contribution is 2.65. The number of aryl methyl sites for hydroxylation is 1. The van der Waals surface area contributed by atoms with Crippen LogP contribution < -0.4 is 0 Å². The third-order valence-corrected chi connectivity index (χ3v) is 6.49. The van der Waals surface area contributed by atoms with E-state index in [1.807, 2.05) is 0 Å². The minimum Gasteiger partial charge on any atom is -0.405 e. The van der Waals surface area contributed by atoms with Gasteiger partial charge >= 0.3 is 7.12 Å². The van der Waals surface area contributed by atoms with Crippen molar-refractivity contribution in [2.45, 2.75) is 58.6 Å². The lowest BCUT2D eigenvalue weighted by atomic mass is 9.43. The predicted octanol–water partition coefficient (Wildman–Crippen LogP) is 3.81. The van der Waals surface area contributed by atoms with Gasteiger partial charge in [-0.05, 0) is 49.5 Å². The molecule has 0 aromatic heterocycles. The average molecular weight is 284 g/mol. The summed E-state index contributed by atoms with van der Waals surface area (Å²) in [4.78, 5) is 0. The molecule has 1 aromatic carbocycles. The normalized spacial score (nSPS) is 39.8. The average Bonchev–Trinajstić information content (AvgIpc) is 2.73. The number of rotatable bonds is 2. The summed E-state index contributed by atoms with van der Waals surface area (Å²) in [7, 11) is -0.0723. The highest BCUT2D eigenvalue weighted by Gasteiger charge is 2.67. The van der Waals surface area contributed by atoms with E-state index in [2.05, 4.69) is 52.0 Å². The molecule has 4 aliphatic rings. The van der Waals surface area contributed by atoms with E-state index in [-0.39, 0.29) is 12.7 Å². The summed E-state index contributed by atoms with van der Waals surface area (Å²) in [5, 5.41) is 0. The van der Waals surface area contributed by atoms with Gasteiger partial charge in [0, 0.05) is 6.32 Å². The van der Waals surface area contributed by atoms with Crippen molar-refractivity contribution in [2.75, 3.05) is 0 Å². The van der Waals surface area contributed by atoms with Crippen LogP contribution in [0.2, 0.25) is 0 Å². The highest BCUT2D eigenvalue weighted by molar-refractivity contribution is 6.44. The van der Waals surface area contributed by atoms with Crippen LogP contribution >= 0.6 is 0 Å². The Morgan fingerprint density at radius 2 is 2.05 bits per heavy atom. The van der Waals surface area contributed by atoms with Crippen LogP contribution in [0.5, 0.6) is 0 Å². The molecule has 0 amide bonds. The van der Waals surface area contributed by atoms with Gasteiger partial charge in [-0.25, -0.2) is 0 Å². The fourth-order valence-corrected chi connectivity index (χ4v) is 5.07. The smallest absolute Gasteiger partial charge is 0.405 e. The molecule has 0 spiro atoms. The quantitative estimate of drug-likeness (QED) is 0.769. The van der Waals surface area contributed by atoms with Crippen molar-refractivity contribution < 1.29 is 9.31 Å². The van der Waals surface area contributed by atoms with Crippen molar-refractivity contribution in [2.24, 2.45) is 17.3 Å². The van der Waals surface area contributed by atoms with Gasteiger partial charge in [-0.1, -0.05) is 43.7 Å². The summed E-state index contributed by atoms with van der Waals surface area (Å²) in [5.74, 6) is 1.47. The van der Waals surface area contributed by atoms with Crippen molar-refractivity contribution in [1.29, 1.82) is 0 Å². The fourth-order valence-electron chi connectivity index (χ4n) is 5.07. The van der Waals surface area contributed by atoms with E-state index < -0.39 is 0 Å². The van der Waals surface area contributed by atoms with E-state index in [9.17, 15) is 0 Å². The Bertz CT molecular complexity index is 570. The first kappa shape index (κ1) is 13.8. The molecule has 1 aromatic rings. The molecular formula is C18H25BO2. The monoisotopic (exact) mass is 284 g/mol. The van der Waals surface area contributed by atoms with E-state index in [1.54, 1.807) is 0 Å². The summed E-state index contributed by atoms with van der Waals surface area (Å²) in [6, 6.07) is 8.67. The van der Waals surface area contributed by atoms with E-state index >= 15 is 0 Å². The molecule has 0 N–H and O–H groups in total. The molecule has 3 unspecified atom stereocenters. The van der Waals surface area contributed by atoms with E-state index in [0.29, 0.717) is 17.4 Å². The second-order valence-electron chi connectivity index (χ2n) is 8.09.